The molecule has 156 valence electrons. The summed E-state index contributed by atoms with van der Waals surface area (Å²) in [6.45, 7) is 4.68. The number of benzene rings is 3. The van der Waals surface area contributed by atoms with Crippen LogP contribution in [0, 0.1) is 5.82 Å². The predicted molar refractivity (Wildman–Crippen MR) is 122 cm³/mol. The van der Waals surface area contributed by atoms with Crippen LogP contribution in [0.2, 0.25) is 0 Å². The maximum absolute atomic E-state index is 14.2. The molecule has 3 aromatic carbocycles. The summed E-state index contributed by atoms with van der Waals surface area (Å²) < 4.78 is 19.9. The van der Waals surface area contributed by atoms with E-state index in [-0.39, 0.29) is 11.2 Å². The zero-order chi connectivity index (χ0) is 21.0. The lowest BCUT2D eigenvalue weighted by molar-refractivity contribution is 0.439. The molecule has 0 bridgehead atoms. The van der Waals surface area contributed by atoms with E-state index in [4.69, 9.17) is 4.74 Å². The Labute approximate surface area is 179 Å². The van der Waals surface area contributed by atoms with Crippen molar-refractivity contribution in [3.8, 4) is 11.5 Å². The highest BCUT2D eigenvalue weighted by Crippen LogP contribution is 2.33. The number of fused-ring (bicyclic) bond motifs is 1. The van der Waals surface area contributed by atoms with Crippen molar-refractivity contribution in [2.45, 2.75) is 64.2 Å². The number of ether oxygens (including phenoxy) is 1. The van der Waals surface area contributed by atoms with Crippen LogP contribution in [0.15, 0.2) is 66.7 Å². The van der Waals surface area contributed by atoms with Gasteiger partial charge < -0.3 is 4.74 Å². The van der Waals surface area contributed by atoms with Gasteiger partial charge in [0.15, 0.2) is 11.6 Å². The molecule has 0 spiro atoms. The minimum atomic E-state index is -0.322. The maximum Gasteiger partial charge on any atom is 0.165 e. The summed E-state index contributed by atoms with van der Waals surface area (Å²) >= 11 is 0. The molecule has 0 heterocycles. The number of aryl methyl sites for hydroxylation is 3. The minimum absolute atomic E-state index is 0.135. The third-order valence-corrected chi connectivity index (χ3v) is 6.36. The van der Waals surface area contributed by atoms with E-state index in [2.05, 4.69) is 32.0 Å². The molecule has 1 nitrogen and oxygen atoms in total. The van der Waals surface area contributed by atoms with Gasteiger partial charge in [-0.15, -0.1) is 0 Å². The van der Waals surface area contributed by atoms with Crippen LogP contribution in [-0.2, 0) is 24.7 Å². The summed E-state index contributed by atoms with van der Waals surface area (Å²) in [6, 6.07) is 21.7. The second kappa shape index (κ2) is 9.04. The van der Waals surface area contributed by atoms with E-state index in [0.717, 1.165) is 24.8 Å². The van der Waals surface area contributed by atoms with Crippen LogP contribution in [0.4, 0.5) is 4.39 Å². The van der Waals surface area contributed by atoms with Crippen LogP contribution in [0.5, 0.6) is 11.5 Å². The van der Waals surface area contributed by atoms with E-state index in [9.17, 15) is 4.39 Å². The quantitative estimate of drug-likeness (QED) is 0.392. The third kappa shape index (κ3) is 4.92. The highest BCUT2D eigenvalue weighted by atomic mass is 19.1. The van der Waals surface area contributed by atoms with Gasteiger partial charge in [-0.05, 0) is 96.9 Å². The number of halogens is 1. The Morgan fingerprint density at radius 3 is 2.43 bits per heavy atom. The Hall–Kier alpha value is -2.61. The molecule has 30 heavy (non-hydrogen) atoms. The first kappa shape index (κ1) is 20.7. The third-order valence-electron chi connectivity index (χ3n) is 6.36. The molecule has 0 fully saturated rings. The van der Waals surface area contributed by atoms with Gasteiger partial charge in [0.2, 0.25) is 0 Å². The molecular weight excluding hydrogens is 371 g/mol. The topological polar surface area (TPSA) is 9.23 Å². The van der Waals surface area contributed by atoms with Crippen molar-refractivity contribution in [1.29, 1.82) is 0 Å². The van der Waals surface area contributed by atoms with Crippen molar-refractivity contribution in [3.05, 3.63) is 94.8 Å². The van der Waals surface area contributed by atoms with Gasteiger partial charge in [-0.1, -0.05) is 56.3 Å². The van der Waals surface area contributed by atoms with Crippen LogP contribution in [0.25, 0.3) is 0 Å². The van der Waals surface area contributed by atoms with Gasteiger partial charge in [-0.2, -0.15) is 0 Å². The van der Waals surface area contributed by atoms with Crippen molar-refractivity contribution >= 4 is 0 Å². The van der Waals surface area contributed by atoms with Gasteiger partial charge in [0.25, 0.3) is 0 Å². The Morgan fingerprint density at radius 2 is 1.63 bits per heavy atom. The van der Waals surface area contributed by atoms with Crippen molar-refractivity contribution in [3.63, 3.8) is 0 Å². The van der Waals surface area contributed by atoms with E-state index < -0.39 is 0 Å². The molecule has 0 atom stereocenters. The summed E-state index contributed by atoms with van der Waals surface area (Å²) in [4.78, 5) is 0. The highest BCUT2D eigenvalue weighted by molar-refractivity contribution is 5.37. The second-order valence-electron chi connectivity index (χ2n) is 9.11. The maximum atomic E-state index is 14.2. The zero-order valence-corrected chi connectivity index (χ0v) is 18.1. The van der Waals surface area contributed by atoms with Crippen molar-refractivity contribution in [2.24, 2.45) is 0 Å². The summed E-state index contributed by atoms with van der Waals surface area (Å²) in [7, 11) is 0. The Bertz CT molecular complexity index is 991. The molecule has 3 aromatic rings. The van der Waals surface area contributed by atoms with Gasteiger partial charge in [0.1, 0.15) is 5.75 Å². The van der Waals surface area contributed by atoms with E-state index in [0.29, 0.717) is 11.5 Å². The molecule has 1 aliphatic carbocycles. The number of hydrogen-bond donors (Lipinski definition) is 0. The average molecular weight is 403 g/mol. The van der Waals surface area contributed by atoms with Crippen LogP contribution in [0.1, 0.15) is 61.8 Å². The molecule has 0 unspecified atom stereocenters. The first-order chi connectivity index (χ1) is 14.5. The van der Waals surface area contributed by atoms with E-state index in [1.807, 2.05) is 42.5 Å². The first-order valence-corrected chi connectivity index (χ1v) is 11.1. The van der Waals surface area contributed by atoms with Gasteiger partial charge in [0.05, 0.1) is 0 Å². The zero-order valence-electron chi connectivity index (χ0n) is 18.1. The lowest BCUT2D eigenvalue weighted by atomic mass is 9.77. The molecule has 0 radical (unpaired) electrons. The van der Waals surface area contributed by atoms with Crippen molar-refractivity contribution in [1.82, 2.24) is 0 Å². The number of rotatable bonds is 7. The van der Waals surface area contributed by atoms with E-state index in [1.165, 1.54) is 42.9 Å². The molecule has 1 aliphatic rings. The Kier molecular flexibility index (Phi) is 6.22. The lowest BCUT2D eigenvalue weighted by Gasteiger charge is -2.27. The smallest absolute Gasteiger partial charge is 0.165 e. The van der Waals surface area contributed by atoms with Gasteiger partial charge in [-0.25, -0.2) is 4.39 Å². The van der Waals surface area contributed by atoms with Crippen molar-refractivity contribution in [2.75, 3.05) is 0 Å². The first-order valence-electron chi connectivity index (χ1n) is 11.1. The van der Waals surface area contributed by atoms with Crippen LogP contribution >= 0.6 is 0 Å². The monoisotopic (exact) mass is 402 g/mol. The average Bonchev–Trinajstić information content (AvgIpc) is 2.76. The molecule has 0 aromatic heterocycles. The Balaban J connectivity index is 1.39. The van der Waals surface area contributed by atoms with Crippen molar-refractivity contribution < 1.29 is 9.13 Å². The Morgan fingerprint density at radius 1 is 0.867 bits per heavy atom. The van der Waals surface area contributed by atoms with E-state index in [1.54, 1.807) is 5.56 Å². The highest BCUT2D eigenvalue weighted by Gasteiger charge is 2.22. The molecule has 0 N–H and O–H groups in total. The van der Waals surface area contributed by atoms with Gasteiger partial charge in [-0.3, -0.25) is 0 Å². The normalized spacial score (nSPS) is 13.7. The lowest BCUT2D eigenvalue weighted by Crippen LogP contribution is -2.18. The van der Waals surface area contributed by atoms with Gasteiger partial charge in [0, 0.05) is 0 Å². The fourth-order valence-electron chi connectivity index (χ4n) is 4.43. The summed E-state index contributed by atoms with van der Waals surface area (Å²) in [5, 5.41) is 0. The molecule has 4 rings (SSSR count). The molecule has 0 aliphatic heterocycles. The summed E-state index contributed by atoms with van der Waals surface area (Å²) in [6.07, 6.45) is 8.16. The fourth-order valence-corrected chi connectivity index (χ4v) is 4.43. The molecule has 0 saturated heterocycles. The van der Waals surface area contributed by atoms with Crippen LogP contribution in [-0.4, -0.2) is 0 Å². The summed E-state index contributed by atoms with van der Waals surface area (Å²) in [5.41, 5.74) is 5.78. The standard InChI is InChI=1S/C28H31FO/c1-28(2,24-16-15-22-10-6-7-11-23(22)20-24)18-8-9-21-14-17-26(29)27(19-21)30-25-12-4-3-5-13-25/h3-5,12-17,19-20H,6-11,18H2,1-2H3. The van der Waals surface area contributed by atoms with Gasteiger partial charge >= 0.3 is 0 Å². The molecule has 2 heteroatoms. The number of hydrogen-bond acceptors (Lipinski definition) is 1. The molecular formula is C28H31FO. The number of para-hydroxylation sites is 1. The SMILES string of the molecule is CC(C)(CCCc1ccc(F)c(Oc2ccccc2)c1)c1ccc2c(c1)CCCC2. The molecule has 0 amide bonds. The van der Waals surface area contributed by atoms with Crippen LogP contribution < -0.4 is 4.74 Å². The minimum Gasteiger partial charge on any atom is -0.454 e. The largest absolute Gasteiger partial charge is 0.454 e. The predicted octanol–water partition coefficient (Wildman–Crippen LogP) is 7.80. The van der Waals surface area contributed by atoms with Crippen LogP contribution in [0.3, 0.4) is 0 Å². The fraction of sp³-hybridized carbons (Fsp3) is 0.357. The van der Waals surface area contributed by atoms with E-state index >= 15 is 0 Å². The summed E-state index contributed by atoms with van der Waals surface area (Å²) in [5.74, 6) is 0.631. The molecule has 0 saturated carbocycles. The second-order valence-corrected chi connectivity index (χ2v) is 9.11.